The number of rotatable bonds is 6. The van der Waals surface area contributed by atoms with Gasteiger partial charge in [-0.3, -0.25) is 0 Å². The van der Waals surface area contributed by atoms with E-state index in [1.807, 2.05) is 19.3 Å². The fourth-order valence-electron chi connectivity index (χ4n) is 2.94. The van der Waals surface area contributed by atoms with Gasteiger partial charge in [-0.25, -0.2) is 14.4 Å². The molecule has 1 fully saturated rings. The highest BCUT2D eigenvalue weighted by Crippen LogP contribution is 2.26. The van der Waals surface area contributed by atoms with Crippen LogP contribution in [0.4, 0.5) is 10.3 Å². The first-order valence-electron chi connectivity index (χ1n) is 8.30. The van der Waals surface area contributed by atoms with E-state index in [0.717, 1.165) is 30.2 Å². The summed E-state index contributed by atoms with van der Waals surface area (Å²) in [4.78, 5) is 11.1. The summed E-state index contributed by atoms with van der Waals surface area (Å²) in [5, 5.41) is 3.37. The molecule has 1 aromatic carbocycles. The number of benzene rings is 1. The molecule has 1 atom stereocenters. The van der Waals surface area contributed by atoms with Crippen molar-refractivity contribution in [1.82, 2.24) is 15.3 Å². The maximum Gasteiger partial charge on any atom is 0.225 e. The van der Waals surface area contributed by atoms with Gasteiger partial charge >= 0.3 is 0 Å². The highest BCUT2D eigenvalue weighted by atomic mass is 35.5. The van der Waals surface area contributed by atoms with Gasteiger partial charge < -0.3 is 15.0 Å². The number of aromatic nitrogens is 2. The van der Waals surface area contributed by atoms with Crippen LogP contribution in [0, 0.1) is 5.82 Å². The number of nitrogens with zero attached hydrogens (tertiary/aromatic N) is 3. The van der Waals surface area contributed by atoms with Gasteiger partial charge in [-0.05, 0) is 38.0 Å². The largest absolute Gasteiger partial charge is 0.496 e. The van der Waals surface area contributed by atoms with Crippen LogP contribution >= 0.6 is 12.4 Å². The number of anilines is 1. The molecule has 5 nitrogen and oxygen atoms in total. The van der Waals surface area contributed by atoms with E-state index >= 15 is 0 Å². The average Bonchev–Trinajstić information content (AvgIpc) is 3.14. The molecule has 0 amide bonds. The minimum absolute atomic E-state index is 0. The summed E-state index contributed by atoms with van der Waals surface area (Å²) in [6, 6.07) is 4.51. The molecule has 0 spiro atoms. The van der Waals surface area contributed by atoms with E-state index in [-0.39, 0.29) is 24.3 Å². The van der Waals surface area contributed by atoms with E-state index < -0.39 is 0 Å². The standard InChI is InChI=1S/C18H23FN4O.ClH/c1-13(16-9-15(19)5-6-17(16)24-2)20-10-14-11-21-18(22-12-14)23-7-3-4-8-23;/h5-6,9,11-13,20H,3-4,7-8,10H2,1-2H3;1H. The van der Waals surface area contributed by atoms with Crippen LogP contribution in [0.2, 0.25) is 0 Å². The van der Waals surface area contributed by atoms with E-state index in [1.54, 1.807) is 13.2 Å². The van der Waals surface area contributed by atoms with Gasteiger partial charge in [-0.2, -0.15) is 0 Å². The zero-order valence-corrected chi connectivity index (χ0v) is 15.4. The Hall–Kier alpha value is -1.92. The maximum atomic E-state index is 13.5. The summed E-state index contributed by atoms with van der Waals surface area (Å²) >= 11 is 0. The molecule has 0 radical (unpaired) electrons. The van der Waals surface area contributed by atoms with Crippen molar-refractivity contribution < 1.29 is 9.13 Å². The number of hydrogen-bond donors (Lipinski definition) is 1. The number of ether oxygens (including phenoxy) is 1. The molecule has 1 aliphatic heterocycles. The third-order valence-electron chi connectivity index (χ3n) is 4.35. The Morgan fingerprint density at radius 1 is 1.24 bits per heavy atom. The normalized spacial score (nSPS) is 14.9. The lowest BCUT2D eigenvalue weighted by molar-refractivity contribution is 0.399. The van der Waals surface area contributed by atoms with Gasteiger partial charge in [0.15, 0.2) is 0 Å². The van der Waals surface area contributed by atoms with Crippen molar-refractivity contribution in [3.05, 3.63) is 47.5 Å². The van der Waals surface area contributed by atoms with Gasteiger partial charge in [0.1, 0.15) is 11.6 Å². The molecule has 0 aliphatic carbocycles. The summed E-state index contributed by atoms with van der Waals surface area (Å²) in [7, 11) is 1.59. The Kier molecular flexibility index (Phi) is 6.96. The van der Waals surface area contributed by atoms with Crippen LogP contribution in [0.3, 0.4) is 0 Å². The summed E-state index contributed by atoms with van der Waals surface area (Å²) in [5.41, 5.74) is 1.80. The van der Waals surface area contributed by atoms with Crippen molar-refractivity contribution in [3.63, 3.8) is 0 Å². The summed E-state index contributed by atoms with van der Waals surface area (Å²) in [5.74, 6) is 1.21. The number of hydrogen-bond acceptors (Lipinski definition) is 5. The molecule has 1 aliphatic rings. The minimum Gasteiger partial charge on any atom is -0.496 e. The summed E-state index contributed by atoms with van der Waals surface area (Å²) in [6.45, 7) is 4.67. The molecule has 2 aromatic rings. The first-order chi connectivity index (χ1) is 11.7. The number of methoxy groups -OCH3 is 1. The van der Waals surface area contributed by atoms with Gasteiger partial charge in [0.25, 0.3) is 0 Å². The molecule has 7 heteroatoms. The predicted molar refractivity (Wildman–Crippen MR) is 98.9 cm³/mol. The van der Waals surface area contributed by atoms with Crippen molar-refractivity contribution in [2.75, 3.05) is 25.1 Å². The molecule has 0 saturated carbocycles. The molecule has 1 saturated heterocycles. The van der Waals surface area contributed by atoms with Crippen molar-refractivity contribution in [2.24, 2.45) is 0 Å². The lowest BCUT2D eigenvalue weighted by Gasteiger charge is -2.18. The van der Waals surface area contributed by atoms with Crippen molar-refractivity contribution in [2.45, 2.75) is 32.4 Å². The van der Waals surface area contributed by atoms with Gasteiger partial charge in [0.05, 0.1) is 7.11 Å². The van der Waals surface area contributed by atoms with Crippen LogP contribution in [-0.2, 0) is 6.54 Å². The molecular formula is C18H24ClFN4O. The Morgan fingerprint density at radius 3 is 2.56 bits per heavy atom. The topological polar surface area (TPSA) is 50.3 Å². The average molecular weight is 367 g/mol. The van der Waals surface area contributed by atoms with Gasteiger partial charge in [0.2, 0.25) is 5.95 Å². The second kappa shape index (κ2) is 8.97. The van der Waals surface area contributed by atoms with Crippen LogP contribution in [0.5, 0.6) is 5.75 Å². The highest BCUT2D eigenvalue weighted by Gasteiger charge is 2.15. The summed E-state index contributed by atoms with van der Waals surface area (Å²) < 4.78 is 18.8. The Balaban J connectivity index is 0.00000225. The monoisotopic (exact) mass is 366 g/mol. The van der Waals surface area contributed by atoms with Crippen molar-refractivity contribution >= 4 is 18.4 Å². The van der Waals surface area contributed by atoms with E-state index in [1.165, 1.54) is 25.0 Å². The molecule has 1 N–H and O–H groups in total. The van der Waals surface area contributed by atoms with Gasteiger partial charge in [-0.15, -0.1) is 12.4 Å². The maximum absolute atomic E-state index is 13.5. The van der Waals surface area contributed by atoms with Crippen LogP contribution < -0.4 is 15.0 Å². The quantitative estimate of drug-likeness (QED) is 0.848. The molecule has 0 bridgehead atoms. The molecule has 3 rings (SSSR count). The predicted octanol–water partition coefficient (Wildman–Crippen LogP) is 3.50. The molecular weight excluding hydrogens is 343 g/mol. The van der Waals surface area contributed by atoms with Gasteiger partial charge in [0, 0.05) is 49.2 Å². The Morgan fingerprint density at radius 2 is 1.92 bits per heavy atom. The fourth-order valence-corrected chi connectivity index (χ4v) is 2.94. The van der Waals surface area contributed by atoms with Crippen molar-refractivity contribution in [3.8, 4) is 5.75 Å². The third kappa shape index (κ3) is 4.80. The lowest BCUT2D eigenvalue weighted by Crippen LogP contribution is -2.21. The fraction of sp³-hybridized carbons (Fsp3) is 0.444. The molecule has 2 heterocycles. The number of nitrogens with one attached hydrogen (secondary N) is 1. The Bertz CT molecular complexity index is 677. The summed E-state index contributed by atoms with van der Waals surface area (Å²) in [6.07, 6.45) is 6.12. The first-order valence-corrected chi connectivity index (χ1v) is 8.30. The van der Waals surface area contributed by atoms with E-state index in [9.17, 15) is 4.39 Å². The zero-order valence-electron chi connectivity index (χ0n) is 14.5. The molecule has 1 unspecified atom stereocenters. The number of halogens is 2. The smallest absolute Gasteiger partial charge is 0.225 e. The third-order valence-corrected chi connectivity index (χ3v) is 4.35. The zero-order chi connectivity index (χ0) is 16.9. The molecule has 1 aromatic heterocycles. The highest BCUT2D eigenvalue weighted by molar-refractivity contribution is 5.85. The van der Waals surface area contributed by atoms with Crippen LogP contribution in [0.25, 0.3) is 0 Å². The minimum atomic E-state index is -0.266. The van der Waals surface area contributed by atoms with E-state index in [2.05, 4.69) is 20.2 Å². The van der Waals surface area contributed by atoms with E-state index in [0.29, 0.717) is 12.3 Å². The van der Waals surface area contributed by atoms with Gasteiger partial charge in [-0.1, -0.05) is 0 Å². The molecule has 25 heavy (non-hydrogen) atoms. The van der Waals surface area contributed by atoms with Crippen LogP contribution in [0.15, 0.2) is 30.6 Å². The second-order valence-electron chi connectivity index (χ2n) is 6.07. The van der Waals surface area contributed by atoms with Crippen LogP contribution in [0.1, 0.15) is 36.9 Å². The first kappa shape index (κ1) is 19.4. The molecule has 136 valence electrons. The van der Waals surface area contributed by atoms with Crippen LogP contribution in [-0.4, -0.2) is 30.2 Å². The SMILES string of the molecule is COc1ccc(F)cc1C(C)NCc1cnc(N2CCCC2)nc1.Cl. The lowest BCUT2D eigenvalue weighted by atomic mass is 10.1. The van der Waals surface area contributed by atoms with E-state index in [4.69, 9.17) is 4.74 Å². The van der Waals surface area contributed by atoms with Crippen molar-refractivity contribution in [1.29, 1.82) is 0 Å². The Labute approximate surface area is 154 Å². The second-order valence-corrected chi connectivity index (χ2v) is 6.07.